The summed E-state index contributed by atoms with van der Waals surface area (Å²) in [6, 6.07) is 10.4. The van der Waals surface area contributed by atoms with Crippen LogP contribution < -0.4 is 10.1 Å². The highest BCUT2D eigenvalue weighted by Crippen LogP contribution is 2.13. The fraction of sp³-hybridized carbons (Fsp3) is 0.143. The fourth-order valence-corrected chi connectivity index (χ4v) is 2.19. The Bertz CT molecular complexity index is 578. The molecule has 0 aliphatic rings. The van der Waals surface area contributed by atoms with Crippen molar-refractivity contribution in [3.05, 3.63) is 52.2 Å². The molecule has 1 aromatic carbocycles. The van der Waals surface area contributed by atoms with Gasteiger partial charge in [0.1, 0.15) is 5.75 Å². The van der Waals surface area contributed by atoms with E-state index in [4.69, 9.17) is 4.74 Å². The third-order valence-corrected chi connectivity index (χ3v) is 3.41. The first-order valence-corrected chi connectivity index (χ1v) is 6.57. The summed E-state index contributed by atoms with van der Waals surface area (Å²) < 4.78 is 5.05. The number of nitrogens with one attached hydrogen (secondary N) is 1. The van der Waals surface area contributed by atoms with Gasteiger partial charge in [0, 0.05) is 5.56 Å². The van der Waals surface area contributed by atoms with Crippen molar-refractivity contribution in [2.75, 3.05) is 13.7 Å². The fourth-order valence-electron chi connectivity index (χ4n) is 1.55. The number of ketones is 1. The predicted molar refractivity (Wildman–Crippen MR) is 74.0 cm³/mol. The van der Waals surface area contributed by atoms with Gasteiger partial charge in [0.15, 0.2) is 5.78 Å². The average Bonchev–Trinajstić information content (AvgIpc) is 2.98. The van der Waals surface area contributed by atoms with E-state index in [9.17, 15) is 9.59 Å². The van der Waals surface area contributed by atoms with Crippen LogP contribution in [0.25, 0.3) is 0 Å². The van der Waals surface area contributed by atoms with Crippen molar-refractivity contribution in [1.29, 1.82) is 0 Å². The van der Waals surface area contributed by atoms with E-state index in [1.165, 1.54) is 11.3 Å². The van der Waals surface area contributed by atoms with Crippen LogP contribution in [-0.2, 0) is 0 Å². The minimum atomic E-state index is -0.230. The quantitative estimate of drug-likeness (QED) is 0.852. The van der Waals surface area contributed by atoms with E-state index in [1.54, 1.807) is 43.5 Å². The molecule has 98 valence electrons. The zero-order valence-corrected chi connectivity index (χ0v) is 11.2. The van der Waals surface area contributed by atoms with E-state index in [2.05, 4.69) is 5.32 Å². The van der Waals surface area contributed by atoms with E-state index < -0.39 is 0 Å². The minimum absolute atomic E-state index is 0.0239. The molecule has 0 saturated carbocycles. The van der Waals surface area contributed by atoms with Crippen LogP contribution in [0.1, 0.15) is 20.0 Å². The van der Waals surface area contributed by atoms with Crippen molar-refractivity contribution in [3.8, 4) is 5.75 Å². The zero-order chi connectivity index (χ0) is 13.7. The number of rotatable bonds is 5. The molecule has 0 aliphatic heterocycles. The van der Waals surface area contributed by atoms with Gasteiger partial charge >= 0.3 is 0 Å². The summed E-state index contributed by atoms with van der Waals surface area (Å²) in [5, 5.41) is 4.42. The van der Waals surface area contributed by atoms with Crippen LogP contribution in [-0.4, -0.2) is 25.3 Å². The molecule has 4 nitrogen and oxygen atoms in total. The van der Waals surface area contributed by atoms with E-state index in [-0.39, 0.29) is 18.2 Å². The number of hydrogen-bond donors (Lipinski definition) is 1. The molecule has 0 aliphatic carbocycles. The van der Waals surface area contributed by atoms with E-state index in [0.29, 0.717) is 16.2 Å². The summed E-state index contributed by atoms with van der Waals surface area (Å²) in [4.78, 5) is 24.2. The molecule has 0 bridgehead atoms. The Balaban J connectivity index is 1.96. The Labute approximate surface area is 115 Å². The standard InChI is InChI=1S/C14H13NO3S/c1-18-11-5-2-4-10(8-11)12(16)9-15-14(17)13-6-3-7-19-13/h2-8H,9H2,1H3,(H,15,17). The number of carbonyl (C=O) groups excluding carboxylic acids is 2. The summed E-state index contributed by atoms with van der Waals surface area (Å²) in [6.45, 7) is -0.0239. The maximum Gasteiger partial charge on any atom is 0.261 e. The molecule has 19 heavy (non-hydrogen) atoms. The molecule has 2 aromatic rings. The number of hydrogen-bond acceptors (Lipinski definition) is 4. The number of carbonyl (C=O) groups is 2. The monoisotopic (exact) mass is 275 g/mol. The zero-order valence-electron chi connectivity index (χ0n) is 10.4. The van der Waals surface area contributed by atoms with Gasteiger partial charge in [-0.1, -0.05) is 18.2 Å². The molecule has 2 rings (SSSR count). The van der Waals surface area contributed by atoms with Crippen LogP contribution in [0.5, 0.6) is 5.75 Å². The van der Waals surface area contributed by atoms with Crippen molar-refractivity contribution in [2.24, 2.45) is 0 Å². The first kappa shape index (κ1) is 13.3. The Kier molecular flexibility index (Phi) is 4.30. The van der Waals surface area contributed by atoms with Gasteiger partial charge in [0.25, 0.3) is 5.91 Å². The van der Waals surface area contributed by atoms with Crippen LogP contribution in [0.3, 0.4) is 0 Å². The number of amides is 1. The van der Waals surface area contributed by atoms with E-state index in [1.807, 2.05) is 5.38 Å². The highest BCUT2D eigenvalue weighted by atomic mass is 32.1. The lowest BCUT2D eigenvalue weighted by Gasteiger charge is -2.05. The molecule has 0 unspecified atom stereocenters. The van der Waals surface area contributed by atoms with Gasteiger partial charge in [-0.15, -0.1) is 11.3 Å². The highest BCUT2D eigenvalue weighted by molar-refractivity contribution is 7.12. The van der Waals surface area contributed by atoms with Crippen molar-refractivity contribution in [1.82, 2.24) is 5.32 Å². The summed E-state index contributed by atoms with van der Waals surface area (Å²) >= 11 is 1.34. The second-order valence-electron chi connectivity index (χ2n) is 3.82. The molecule has 0 radical (unpaired) electrons. The molecule has 1 heterocycles. The lowest BCUT2D eigenvalue weighted by atomic mass is 10.1. The molecule has 0 spiro atoms. The first-order valence-electron chi connectivity index (χ1n) is 5.69. The largest absolute Gasteiger partial charge is 0.497 e. The minimum Gasteiger partial charge on any atom is -0.497 e. The van der Waals surface area contributed by atoms with Crippen LogP contribution in [0.15, 0.2) is 41.8 Å². The lowest BCUT2D eigenvalue weighted by Crippen LogP contribution is -2.28. The second-order valence-corrected chi connectivity index (χ2v) is 4.76. The summed E-state index contributed by atoms with van der Waals surface area (Å²) in [7, 11) is 1.54. The maximum atomic E-state index is 11.9. The molecule has 0 saturated heterocycles. The molecule has 5 heteroatoms. The Morgan fingerprint density at radius 3 is 2.79 bits per heavy atom. The second kappa shape index (κ2) is 6.15. The van der Waals surface area contributed by atoms with E-state index in [0.717, 1.165) is 0 Å². The van der Waals surface area contributed by atoms with Gasteiger partial charge in [-0.2, -0.15) is 0 Å². The van der Waals surface area contributed by atoms with Gasteiger partial charge < -0.3 is 10.1 Å². The maximum absolute atomic E-state index is 11.9. The molecular weight excluding hydrogens is 262 g/mol. The third kappa shape index (κ3) is 3.42. The van der Waals surface area contributed by atoms with Crippen molar-refractivity contribution >= 4 is 23.0 Å². The lowest BCUT2D eigenvalue weighted by molar-refractivity contribution is 0.0906. The number of methoxy groups -OCH3 is 1. The average molecular weight is 275 g/mol. The number of thiophene rings is 1. The van der Waals surface area contributed by atoms with Gasteiger partial charge in [0.05, 0.1) is 18.5 Å². The summed E-state index contributed by atoms with van der Waals surface area (Å²) in [5.74, 6) is 0.241. The SMILES string of the molecule is COc1cccc(C(=O)CNC(=O)c2cccs2)c1. The third-order valence-electron chi connectivity index (χ3n) is 2.55. The molecule has 1 N–H and O–H groups in total. The van der Waals surface area contributed by atoms with Gasteiger partial charge in [0.2, 0.25) is 0 Å². The van der Waals surface area contributed by atoms with Crippen LogP contribution in [0.2, 0.25) is 0 Å². The Morgan fingerprint density at radius 2 is 2.11 bits per heavy atom. The van der Waals surface area contributed by atoms with Crippen LogP contribution in [0.4, 0.5) is 0 Å². The number of Topliss-reactive ketones (excluding diaryl/α,β-unsaturated/α-hetero) is 1. The van der Waals surface area contributed by atoms with Gasteiger partial charge in [-0.3, -0.25) is 9.59 Å². The van der Waals surface area contributed by atoms with Gasteiger partial charge in [-0.25, -0.2) is 0 Å². The summed E-state index contributed by atoms with van der Waals surface area (Å²) in [5.41, 5.74) is 0.519. The van der Waals surface area contributed by atoms with Crippen molar-refractivity contribution < 1.29 is 14.3 Å². The Hall–Kier alpha value is -2.14. The molecule has 0 fully saturated rings. The topological polar surface area (TPSA) is 55.4 Å². The molecule has 1 aromatic heterocycles. The van der Waals surface area contributed by atoms with Crippen molar-refractivity contribution in [2.45, 2.75) is 0 Å². The van der Waals surface area contributed by atoms with Crippen LogP contribution >= 0.6 is 11.3 Å². The van der Waals surface area contributed by atoms with Gasteiger partial charge in [-0.05, 0) is 23.6 Å². The van der Waals surface area contributed by atoms with Crippen LogP contribution in [0, 0.1) is 0 Å². The molecule has 1 amide bonds. The first-order chi connectivity index (χ1) is 9.20. The smallest absolute Gasteiger partial charge is 0.261 e. The normalized spacial score (nSPS) is 9.95. The summed E-state index contributed by atoms with van der Waals surface area (Å²) in [6.07, 6.45) is 0. The number of benzene rings is 1. The molecule has 0 atom stereocenters. The Morgan fingerprint density at radius 1 is 1.26 bits per heavy atom. The van der Waals surface area contributed by atoms with E-state index >= 15 is 0 Å². The predicted octanol–water partition coefficient (Wildman–Crippen LogP) is 2.37. The highest BCUT2D eigenvalue weighted by Gasteiger charge is 2.10. The molecular formula is C14H13NO3S. The number of ether oxygens (including phenoxy) is 1. The van der Waals surface area contributed by atoms with Crippen molar-refractivity contribution in [3.63, 3.8) is 0 Å².